The molecule has 0 aliphatic carbocycles. The van der Waals surface area contributed by atoms with Gasteiger partial charge in [-0.25, -0.2) is 0 Å². The smallest absolute Gasteiger partial charge is 1.00 e. The zero-order valence-corrected chi connectivity index (χ0v) is 24.5. The molecular formula is C22H42CaClIMnO2+2. The molecule has 28 heavy (non-hydrogen) atoms. The largest absolute Gasteiger partial charge is 2.00 e. The maximum atomic E-state index is 10.6. The van der Waals surface area contributed by atoms with Crippen LogP contribution in [-0.4, -0.2) is 47.6 Å². The molecule has 0 aromatic carbocycles. The Morgan fingerprint density at radius 2 is 0.929 bits per heavy atom. The van der Waals surface area contributed by atoms with Crippen LogP contribution in [0.4, 0.5) is 0 Å². The summed E-state index contributed by atoms with van der Waals surface area (Å²) < 4.78 is -0.307. The van der Waals surface area contributed by atoms with Gasteiger partial charge < -0.3 is 22.3 Å². The van der Waals surface area contributed by atoms with Gasteiger partial charge in [-0.05, 0) is 6.42 Å². The van der Waals surface area contributed by atoms with Crippen molar-refractivity contribution < 1.29 is 39.4 Å². The topological polar surface area (TPSA) is 40.1 Å². The molecule has 0 aromatic rings. The van der Waals surface area contributed by atoms with Crippen molar-refractivity contribution in [2.75, 3.05) is 0 Å². The van der Waals surface area contributed by atoms with Gasteiger partial charge in [-0.2, -0.15) is 0 Å². The van der Waals surface area contributed by atoms with E-state index in [1.54, 1.807) is 0 Å². The Morgan fingerprint density at radius 3 is 1.18 bits per heavy atom. The Morgan fingerprint density at radius 1 is 0.679 bits per heavy atom. The third-order valence-electron chi connectivity index (χ3n) is 5.07. The summed E-state index contributed by atoms with van der Waals surface area (Å²) in [6.45, 7) is 2.28. The van der Waals surface area contributed by atoms with E-state index in [0.717, 1.165) is 12.8 Å². The van der Waals surface area contributed by atoms with Crippen molar-refractivity contribution in [3.05, 3.63) is 0 Å². The molecule has 0 bridgehead atoms. The molecule has 0 aliphatic rings. The second kappa shape index (κ2) is 31.5. The van der Waals surface area contributed by atoms with Gasteiger partial charge in [0.25, 0.3) is 0 Å². The molecule has 0 rings (SSSR count). The van der Waals surface area contributed by atoms with Gasteiger partial charge in [-0.15, -0.1) is 0 Å². The number of carboxylic acids is 1. The van der Waals surface area contributed by atoms with Crippen LogP contribution in [0.25, 0.3) is 0 Å². The molecule has 6 heteroatoms. The van der Waals surface area contributed by atoms with E-state index < -0.39 is 5.97 Å². The zero-order valence-electron chi connectivity index (χ0n) is 18.2. The quantitative estimate of drug-likeness (QED) is 0.0935. The molecule has 163 valence electrons. The molecule has 2 nitrogen and oxygen atoms in total. The van der Waals surface area contributed by atoms with Gasteiger partial charge in [-0.3, -0.25) is 0 Å². The molecule has 1 radical (unpaired) electrons. The summed E-state index contributed by atoms with van der Waals surface area (Å²) >= 11 is 1.97. The summed E-state index contributed by atoms with van der Waals surface area (Å²) in [5.74, 6) is -0.910. The summed E-state index contributed by atoms with van der Waals surface area (Å²) in [6.07, 6.45) is 25.4. The van der Waals surface area contributed by atoms with E-state index in [0.29, 0.717) is 0 Å². The average molecular weight is 596 g/mol. The van der Waals surface area contributed by atoms with Crippen molar-refractivity contribution in [1.29, 1.82) is 0 Å². The molecule has 0 aliphatic heterocycles. The Kier molecular flexibility index (Phi) is 42.2. The molecule has 0 fully saturated rings. The molecular weight excluding hydrogens is 554 g/mol. The van der Waals surface area contributed by atoms with Crippen molar-refractivity contribution in [3.63, 3.8) is 0 Å². The first-order valence-electron chi connectivity index (χ1n) is 11.0. The van der Waals surface area contributed by atoms with E-state index in [-0.39, 0.29) is 71.1 Å². The van der Waals surface area contributed by atoms with Crippen LogP contribution < -0.4 is 17.5 Å². The van der Waals surface area contributed by atoms with Crippen LogP contribution in [0.15, 0.2) is 0 Å². The van der Waals surface area contributed by atoms with Gasteiger partial charge in [-0.1, -0.05) is 145 Å². The minimum absolute atomic E-state index is 0. The van der Waals surface area contributed by atoms with Gasteiger partial charge in [0, 0.05) is 0 Å². The molecule has 0 amide bonds. The monoisotopic (exact) mass is 595 g/mol. The molecule has 0 spiro atoms. The van der Waals surface area contributed by atoms with Crippen LogP contribution in [0, 0.1) is 0 Å². The first kappa shape index (κ1) is 37.6. The first-order valence-corrected chi connectivity index (χ1v) is 12.3. The number of hydrogen-bond donors (Lipinski definition) is 0. The number of unbranched alkanes of at least 4 members (excludes halogenated alkanes) is 17. The van der Waals surface area contributed by atoms with Crippen LogP contribution in [-0.2, 0) is 21.9 Å². The van der Waals surface area contributed by atoms with E-state index in [4.69, 9.17) is 0 Å². The standard InChI is InChI=1S/C22H43IO2.Ca.ClH.Mn/c1-2-3-4-5-6-7-8-9-10-11-12-13-14-15-16-17-18-19-20-21(23)22(24)25;;;/h21H,2-20H2,1H3,(H,24,25);;1H;/q;+2;;+2/p-2. The molecule has 0 saturated heterocycles. The van der Waals surface area contributed by atoms with Crippen molar-refractivity contribution in [2.24, 2.45) is 0 Å². The number of carbonyl (C=O) groups is 1. The van der Waals surface area contributed by atoms with Gasteiger partial charge in [0.1, 0.15) is 0 Å². The average Bonchev–Trinajstić information content (AvgIpc) is 2.60. The normalized spacial score (nSPS) is 11.1. The van der Waals surface area contributed by atoms with E-state index >= 15 is 0 Å². The van der Waals surface area contributed by atoms with Crippen LogP contribution in [0.5, 0.6) is 0 Å². The third kappa shape index (κ3) is 30.5. The van der Waals surface area contributed by atoms with Crippen molar-refractivity contribution >= 4 is 66.3 Å². The summed E-state index contributed by atoms with van der Waals surface area (Å²) in [5, 5.41) is 10.6. The molecule has 0 aromatic heterocycles. The second-order valence-corrected chi connectivity index (χ2v) is 9.09. The summed E-state index contributed by atoms with van der Waals surface area (Å²) in [4.78, 5) is 10.6. The predicted molar refractivity (Wildman–Crippen MR) is 122 cm³/mol. The van der Waals surface area contributed by atoms with Crippen molar-refractivity contribution in [2.45, 2.75) is 133 Å². The van der Waals surface area contributed by atoms with E-state index in [1.807, 2.05) is 22.6 Å². The molecule has 1 unspecified atom stereocenters. The van der Waals surface area contributed by atoms with Gasteiger partial charge in [0.2, 0.25) is 0 Å². The van der Waals surface area contributed by atoms with E-state index in [2.05, 4.69) is 6.92 Å². The van der Waals surface area contributed by atoms with Crippen molar-refractivity contribution in [3.8, 4) is 0 Å². The Labute approximate surface area is 235 Å². The third-order valence-corrected chi connectivity index (χ3v) is 6.20. The van der Waals surface area contributed by atoms with Crippen LogP contribution in [0.1, 0.15) is 129 Å². The fourth-order valence-corrected chi connectivity index (χ4v) is 3.78. The number of alkyl halides is 1. The maximum Gasteiger partial charge on any atom is 2.00 e. The van der Waals surface area contributed by atoms with E-state index in [9.17, 15) is 9.90 Å². The number of aliphatic carboxylic acids is 1. The number of hydrogen-bond acceptors (Lipinski definition) is 2. The van der Waals surface area contributed by atoms with Gasteiger partial charge in [0.05, 0.1) is 9.89 Å². The first-order chi connectivity index (χ1) is 12.2. The van der Waals surface area contributed by atoms with Gasteiger partial charge >= 0.3 is 54.8 Å². The summed E-state index contributed by atoms with van der Waals surface area (Å²) in [5.41, 5.74) is 0. The molecule has 0 saturated carbocycles. The Hall–Kier alpha value is 2.27. The van der Waals surface area contributed by atoms with Crippen LogP contribution in [0.2, 0.25) is 0 Å². The second-order valence-electron chi connectivity index (χ2n) is 7.59. The fourth-order valence-electron chi connectivity index (χ4n) is 3.34. The Bertz CT molecular complexity index is 300. The van der Waals surface area contributed by atoms with E-state index in [1.165, 1.54) is 109 Å². The maximum absolute atomic E-state index is 10.6. The zero-order chi connectivity index (χ0) is 18.6. The SMILES string of the molecule is CCCCCCCCCCCCCCCCCCCCC(I)C(=O)[O-].[Ca+2].[Cl-].[Mn+2]. The molecule has 0 N–H and O–H groups in total. The summed E-state index contributed by atoms with van der Waals surface area (Å²) in [7, 11) is 0. The minimum atomic E-state index is -0.910. The number of rotatable bonds is 20. The van der Waals surface area contributed by atoms with Crippen LogP contribution in [0.3, 0.4) is 0 Å². The Balaban J connectivity index is -0.000000960. The fraction of sp³-hybridized carbons (Fsp3) is 0.955. The molecule has 1 atom stereocenters. The number of carboxylic acid groups (broad SMARTS) is 1. The minimum Gasteiger partial charge on any atom is -1.00 e. The predicted octanol–water partition coefficient (Wildman–Crippen LogP) is 3.59. The van der Waals surface area contributed by atoms with Crippen LogP contribution >= 0.6 is 22.6 Å². The number of carbonyl (C=O) groups excluding carboxylic acids is 1. The number of halogens is 2. The molecule has 0 heterocycles. The van der Waals surface area contributed by atoms with Crippen molar-refractivity contribution in [1.82, 2.24) is 0 Å². The van der Waals surface area contributed by atoms with Gasteiger partial charge in [0.15, 0.2) is 0 Å². The summed E-state index contributed by atoms with van der Waals surface area (Å²) in [6, 6.07) is 0.